The Kier molecular flexibility index (Phi) is 1.73. The molecule has 0 aromatic carbocycles. The number of imidazole rings is 1. The van der Waals surface area contributed by atoms with Gasteiger partial charge in [-0.3, -0.25) is 0 Å². The summed E-state index contributed by atoms with van der Waals surface area (Å²) in [5.74, 6) is 0.486. The fraction of sp³-hybridized carbons (Fsp3) is 0.250. The van der Waals surface area contributed by atoms with Gasteiger partial charge in [-0.25, -0.2) is 9.97 Å². The Morgan fingerprint density at radius 1 is 1.50 bits per heavy atom. The van der Waals surface area contributed by atoms with Crippen LogP contribution in [0.5, 0.6) is 0 Å². The van der Waals surface area contributed by atoms with Crippen LogP contribution in [0.3, 0.4) is 0 Å². The first-order valence-electron chi connectivity index (χ1n) is 3.63. The molecule has 4 heteroatoms. The predicted molar refractivity (Wildman–Crippen MR) is 48.1 cm³/mol. The number of rotatable bonds is 1. The van der Waals surface area contributed by atoms with Gasteiger partial charge >= 0.3 is 0 Å². The van der Waals surface area contributed by atoms with Gasteiger partial charge < -0.3 is 4.57 Å². The molecule has 0 amide bonds. The van der Waals surface area contributed by atoms with Crippen LogP contribution in [0.4, 0.5) is 0 Å². The minimum Gasteiger partial charge on any atom is -0.318 e. The molecular weight excluding hydrogens is 174 g/mol. The van der Waals surface area contributed by atoms with E-state index in [9.17, 15) is 0 Å². The lowest BCUT2D eigenvalue weighted by molar-refractivity contribution is 0.930. The number of nitrogens with zero attached hydrogens (tertiary/aromatic N) is 3. The van der Waals surface area contributed by atoms with Gasteiger partial charge in [-0.05, 0) is 11.6 Å². The number of hydrogen-bond acceptors (Lipinski definition) is 2. The number of fused-ring (bicyclic) bond motifs is 1. The molecule has 0 aliphatic carbocycles. The molecule has 0 unspecified atom stereocenters. The Morgan fingerprint density at radius 2 is 2.33 bits per heavy atom. The lowest BCUT2D eigenvalue weighted by Crippen LogP contribution is -1.88. The first kappa shape index (κ1) is 7.55. The number of halogens is 1. The van der Waals surface area contributed by atoms with E-state index in [1.54, 1.807) is 12.5 Å². The fourth-order valence-corrected chi connectivity index (χ4v) is 1.28. The quantitative estimate of drug-likeness (QED) is 0.627. The predicted octanol–water partition coefficient (Wildman–Crippen LogP) is 1.71. The van der Waals surface area contributed by atoms with E-state index in [1.807, 2.05) is 17.7 Å². The van der Waals surface area contributed by atoms with Crippen LogP contribution in [0.25, 0.3) is 11.2 Å². The maximum Gasteiger partial charge on any atom is 0.159 e. The third-order valence-electron chi connectivity index (χ3n) is 1.76. The van der Waals surface area contributed by atoms with Crippen molar-refractivity contribution in [1.29, 1.82) is 0 Å². The third kappa shape index (κ3) is 1.06. The van der Waals surface area contributed by atoms with Gasteiger partial charge in [0, 0.05) is 19.1 Å². The van der Waals surface area contributed by atoms with Crippen LogP contribution in [-0.4, -0.2) is 14.5 Å². The maximum absolute atomic E-state index is 5.66. The lowest BCUT2D eigenvalue weighted by atomic mass is 10.3. The molecule has 2 heterocycles. The molecule has 2 aromatic heterocycles. The number of alkyl halides is 1. The van der Waals surface area contributed by atoms with E-state index >= 15 is 0 Å². The normalized spacial score (nSPS) is 10.8. The minimum atomic E-state index is 0.486. The molecule has 0 bridgehead atoms. The van der Waals surface area contributed by atoms with Crippen molar-refractivity contribution in [3.05, 3.63) is 24.2 Å². The second-order valence-corrected chi connectivity index (χ2v) is 2.94. The second kappa shape index (κ2) is 2.75. The van der Waals surface area contributed by atoms with Crippen molar-refractivity contribution < 1.29 is 0 Å². The molecule has 0 atom stereocenters. The van der Waals surface area contributed by atoms with E-state index in [-0.39, 0.29) is 0 Å². The van der Waals surface area contributed by atoms with Crippen molar-refractivity contribution in [2.75, 3.05) is 0 Å². The Balaban J connectivity index is 2.69. The van der Waals surface area contributed by atoms with Crippen LogP contribution in [0.2, 0.25) is 0 Å². The van der Waals surface area contributed by atoms with E-state index in [1.165, 1.54) is 0 Å². The van der Waals surface area contributed by atoms with Gasteiger partial charge in [0.2, 0.25) is 0 Å². The van der Waals surface area contributed by atoms with Crippen LogP contribution < -0.4 is 0 Å². The summed E-state index contributed by atoms with van der Waals surface area (Å²) >= 11 is 5.66. The zero-order valence-corrected chi connectivity index (χ0v) is 7.41. The molecule has 2 aromatic rings. The van der Waals surface area contributed by atoms with Gasteiger partial charge in [0.1, 0.15) is 5.52 Å². The van der Waals surface area contributed by atoms with Crippen molar-refractivity contribution in [1.82, 2.24) is 14.5 Å². The summed E-state index contributed by atoms with van der Waals surface area (Å²) in [5, 5.41) is 0. The summed E-state index contributed by atoms with van der Waals surface area (Å²) in [7, 11) is 1.92. The number of aromatic nitrogens is 3. The summed E-state index contributed by atoms with van der Waals surface area (Å²) in [5.41, 5.74) is 2.79. The molecule has 0 N–H and O–H groups in total. The number of aryl methyl sites for hydroxylation is 1. The minimum absolute atomic E-state index is 0.486. The Morgan fingerprint density at radius 3 is 3.08 bits per heavy atom. The van der Waals surface area contributed by atoms with Crippen molar-refractivity contribution in [3.8, 4) is 0 Å². The summed E-state index contributed by atoms with van der Waals surface area (Å²) in [4.78, 5) is 8.40. The van der Waals surface area contributed by atoms with E-state index in [0.717, 1.165) is 16.7 Å². The largest absolute Gasteiger partial charge is 0.318 e. The average Bonchev–Trinajstić information content (AvgIpc) is 2.47. The van der Waals surface area contributed by atoms with Crippen LogP contribution in [0.1, 0.15) is 5.56 Å². The number of hydrogen-bond donors (Lipinski definition) is 0. The van der Waals surface area contributed by atoms with Gasteiger partial charge in [-0.2, -0.15) is 0 Å². The lowest BCUT2D eigenvalue weighted by Gasteiger charge is -1.94. The average molecular weight is 182 g/mol. The Labute approximate surface area is 75.0 Å². The molecule has 12 heavy (non-hydrogen) atoms. The zero-order valence-electron chi connectivity index (χ0n) is 6.66. The molecule has 0 spiro atoms. The molecule has 0 aliphatic rings. The molecule has 0 saturated heterocycles. The van der Waals surface area contributed by atoms with Crippen molar-refractivity contribution in [2.45, 2.75) is 5.88 Å². The maximum atomic E-state index is 5.66. The highest BCUT2D eigenvalue weighted by Crippen LogP contribution is 2.11. The Bertz CT molecular complexity index is 408. The monoisotopic (exact) mass is 181 g/mol. The smallest absolute Gasteiger partial charge is 0.159 e. The first-order chi connectivity index (χ1) is 5.81. The number of pyridine rings is 1. The second-order valence-electron chi connectivity index (χ2n) is 2.68. The molecule has 0 saturated carbocycles. The van der Waals surface area contributed by atoms with E-state index in [0.29, 0.717) is 5.88 Å². The van der Waals surface area contributed by atoms with Crippen molar-refractivity contribution in [3.63, 3.8) is 0 Å². The van der Waals surface area contributed by atoms with Gasteiger partial charge in [0.25, 0.3) is 0 Å². The van der Waals surface area contributed by atoms with E-state index in [4.69, 9.17) is 11.6 Å². The Hall–Kier alpha value is -1.09. The highest BCUT2D eigenvalue weighted by Gasteiger charge is 2.00. The molecule has 62 valence electrons. The fourth-order valence-electron chi connectivity index (χ4n) is 1.13. The van der Waals surface area contributed by atoms with Gasteiger partial charge in [0.15, 0.2) is 5.65 Å². The summed E-state index contributed by atoms with van der Waals surface area (Å²) in [6, 6.07) is 1.95. The standard InChI is InChI=1S/C8H8ClN3/c1-12-5-11-7-2-6(3-9)4-10-8(7)12/h2,4-5H,3H2,1H3. The highest BCUT2D eigenvalue weighted by atomic mass is 35.5. The molecule has 0 aliphatic heterocycles. The molecule has 0 radical (unpaired) electrons. The highest BCUT2D eigenvalue weighted by molar-refractivity contribution is 6.17. The van der Waals surface area contributed by atoms with Crippen LogP contribution in [-0.2, 0) is 12.9 Å². The van der Waals surface area contributed by atoms with Crippen LogP contribution in [0.15, 0.2) is 18.6 Å². The van der Waals surface area contributed by atoms with Crippen LogP contribution in [0, 0.1) is 0 Å². The van der Waals surface area contributed by atoms with E-state index in [2.05, 4.69) is 9.97 Å². The third-order valence-corrected chi connectivity index (χ3v) is 2.07. The molecular formula is C8H8ClN3. The summed E-state index contributed by atoms with van der Waals surface area (Å²) in [6.07, 6.45) is 3.52. The topological polar surface area (TPSA) is 30.7 Å². The summed E-state index contributed by atoms with van der Waals surface area (Å²) in [6.45, 7) is 0. The molecule has 3 nitrogen and oxygen atoms in total. The SMILES string of the molecule is Cn1cnc2cc(CCl)cnc21. The molecule has 2 rings (SSSR count). The van der Waals surface area contributed by atoms with E-state index < -0.39 is 0 Å². The summed E-state index contributed by atoms with van der Waals surface area (Å²) < 4.78 is 1.88. The van der Waals surface area contributed by atoms with Gasteiger partial charge in [-0.15, -0.1) is 11.6 Å². The van der Waals surface area contributed by atoms with Crippen molar-refractivity contribution in [2.24, 2.45) is 7.05 Å². The van der Waals surface area contributed by atoms with Crippen molar-refractivity contribution >= 4 is 22.8 Å². The van der Waals surface area contributed by atoms with Gasteiger partial charge in [0.05, 0.1) is 6.33 Å². The first-order valence-corrected chi connectivity index (χ1v) is 4.16. The van der Waals surface area contributed by atoms with Crippen LogP contribution >= 0.6 is 11.6 Å². The zero-order chi connectivity index (χ0) is 8.55. The molecule has 0 fully saturated rings. The van der Waals surface area contributed by atoms with Gasteiger partial charge in [-0.1, -0.05) is 0 Å².